The van der Waals surface area contributed by atoms with Crippen LogP contribution in [0.5, 0.6) is 0 Å². The summed E-state index contributed by atoms with van der Waals surface area (Å²) in [6, 6.07) is 23.6. The van der Waals surface area contributed by atoms with Crippen molar-refractivity contribution in [2.45, 2.75) is 58.4 Å². The smallest absolute Gasteiger partial charge is 0.335 e. The molecule has 9 nitrogen and oxygen atoms in total. The highest BCUT2D eigenvalue weighted by Crippen LogP contribution is 2.29. The van der Waals surface area contributed by atoms with Gasteiger partial charge in [0.15, 0.2) is 5.82 Å². The molecule has 5 rings (SSSR count). The van der Waals surface area contributed by atoms with E-state index in [1.165, 1.54) is 19.3 Å². The summed E-state index contributed by atoms with van der Waals surface area (Å²) in [5, 5.41) is 28.6. The lowest BCUT2D eigenvalue weighted by Gasteiger charge is -2.09. The number of benzene rings is 3. The molecule has 0 aliphatic heterocycles. The van der Waals surface area contributed by atoms with Gasteiger partial charge >= 0.3 is 5.97 Å². The third-order valence-electron chi connectivity index (χ3n) is 6.99. The topological polar surface area (TPSA) is 122 Å². The molecule has 2 aromatic heterocycles. The van der Waals surface area contributed by atoms with E-state index in [2.05, 4.69) is 57.9 Å². The van der Waals surface area contributed by atoms with Crippen LogP contribution in [-0.4, -0.2) is 46.5 Å². The zero-order valence-electron chi connectivity index (χ0n) is 22.6. The number of unbranched alkanes of at least 4 members (excludes halogenated alkanes) is 3. The van der Waals surface area contributed by atoms with Crippen LogP contribution in [0.25, 0.3) is 22.5 Å². The second-order valence-corrected chi connectivity index (χ2v) is 9.89. The molecule has 0 fully saturated rings. The van der Waals surface area contributed by atoms with Crippen molar-refractivity contribution in [3.63, 3.8) is 0 Å². The van der Waals surface area contributed by atoms with Crippen molar-refractivity contribution in [2.24, 2.45) is 0 Å². The summed E-state index contributed by atoms with van der Waals surface area (Å²) in [4.78, 5) is 16.1. The largest absolute Gasteiger partial charge is 0.478 e. The third-order valence-corrected chi connectivity index (χ3v) is 6.99. The Bertz CT molecular complexity index is 1530. The molecular formula is C31H33N7O2. The van der Waals surface area contributed by atoms with Gasteiger partial charge in [-0.25, -0.2) is 14.5 Å². The molecule has 0 saturated carbocycles. The van der Waals surface area contributed by atoms with Crippen LogP contribution in [0, 0.1) is 0 Å². The fraction of sp³-hybridized carbons (Fsp3) is 0.290. The molecule has 40 heavy (non-hydrogen) atoms. The molecule has 0 aliphatic rings. The van der Waals surface area contributed by atoms with E-state index in [9.17, 15) is 9.90 Å². The quantitative estimate of drug-likeness (QED) is 0.183. The molecule has 5 aromatic rings. The molecule has 0 spiro atoms. The van der Waals surface area contributed by atoms with E-state index >= 15 is 0 Å². The number of aromatic amines is 1. The van der Waals surface area contributed by atoms with Crippen molar-refractivity contribution in [1.29, 1.82) is 0 Å². The summed E-state index contributed by atoms with van der Waals surface area (Å²) in [7, 11) is 0. The summed E-state index contributed by atoms with van der Waals surface area (Å²) in [6.45, 7) is 2.84. The molecule has 0 saturated heterocycles. The molecule has 204 valence electrons. The number of aromatic carboxylic acids is 1. The van der Waals surface area contributed by atoms with Crippen molar-refractivity contribution in [3.8, 4) is 22.5 Å². The van der Waals surface area contributed by atoms with Crippen LogP contribution in [-0.2, 0) is 25.8 Å². The predicted molar refractivity (Wildman–Crippen MR) is 153 cm³/mol. The van der Waals surface area contributed by atoms with Gasteiger partial charge in [0.2, 0.25) is 5.82 Å². The van der Waals surface area contributed by atoms with Crippen molar-refractivity contribution in [3.05, 3.63) is 101 Å². The number of rotatable bonds is 13. The Balaban J connectivity index is 1.33. The number of tetrazole rings is 1. The summed E-state index contributed by atoms with van der Waals surface area (Å²) in [6.07, 6.45) is 7.06. The SMILES string of the molecule is CCCCCCc1nc(CCc2ccc(C(=O)O)cc2)n(Cc2ccc(-c3ccccc3-c3nn[nH]n3)cc2)n1. The highest BCUT2D eigenvalue weighted by atomic mass is 16.4. The minimum atomic E-state index is -0.914. The van der Waals surface area contributed by atoms with Gasteiger partial charge in [-0.1, -0.05) is 86.8 Å². The monoisotopic (exact) mass is 535 g/mol. The average Bonchev–Trinajstić information content (AvgIpc) is 3.65. The minimum absolute atomic E-state index is 0.296. The maximum atomic E-state index is 11.2. The number of carboxylic acid groups (broad SMARTS) is 1. The van der Waals surface area contributed by atoms with Gasteiger partial charge in [0.1, 0.15) is 5.82 Å². The van der Waals surface area contributed by atoms with E-state index in [1.54, 1.807) is 12.1 Å². The summed E-state index contributed by atoms with van der Waals surface area (Å²) in [5.74, 6) is 1.48. The fourth-order valence-corrected chi connectivity index (χ4v) is 4.79. The lowest BCUT2D eigenvalue weighted by atomic mass is 9.98. The second-order valence-electron chi connectivity index (χ2n) is 9.89. The number of hydrogen-bond acceptors (Lipinski definition) is 6. The maximum absolute atomic E-state index is 11.2. The van der Waals surface area contributed by atoms with Gasteiger partial charge in [0.25, 0.3) is 0 Å². The van der Waals surface area contributed by atoms with Gasteiger partial charge in [-0.15, -0.1) is 10.2 Å². The summed E-state index contributed by atoms with van der Waals surface area (Å²) in [5.41, 5.74) is 5.55. The standard InChI is InChI=1S/C31H33N7O2/c1-2-3-4-5-10-28-32-29(20-15-22-11-18-25(19-12-22)31(39)40)38(35-28)21-23-13-16-24(17-14-23)26-8-6-7-9-27(26)30-33-36-37-34-30/h6-9,11-14,16-19H,2-5,10,15,20-21H2,1H3,(H,39,40)(H,33,34,36,37). The molecule has 0 aliphatic carbocycles. The Hall–Kier alpha value is -4.66. The van der Waals surface area contributed by atoms with Crippen LogP contribution in [0.1, 0.15) is 65.7 Å². The van der Waals surface area contributed by atoms with Crippen molar-refractivity contribution >= 4 is 5.97 Å². The molecule has 0 atom stereocenters. The number of aryl methyl sites for hydroxylation is 3. The number of carbonyl (C=O) groups is 1. The van der Waals surface area contributed by atoms with Crippen molar-refractivity contribution < 1.29 is 9.90 Å². The molecule has 3 aromatic carbocycles. The van der Waals surface area contributed by atoms with Gasteiger partial charge in [0.05, 0.1) is 12.1 Å². The lowest BCUT2D eigenvalue weighted by molar-refractivity contribution is 0.0697. The summed E-state index contributed by atoms with van der Waals surface area (Å²) >= 11 is 0. The molecule has 0 radical (unpaired) electrons. The van der Waals surface area contributed by atoms with Crippen LogP contribution in [0.2, 0.25) is 0 Å². The molecule has 2 heterocycles. The first-order chi connectivity index (χ1) is 19.6. The third kappa shape index (κ3) is 6.66. The Labute approximate surface area is 233 Å². The van der Waals surface area contributed by atoms with Crippen LogP contribution < -0.4 is 0 Å². The van der Waals surface area contributed by atoms with E-state index in [0.29, 0.717) is 17.9 Å². The normalized spacial score (nSPS) is 11.1. The average molecular weight is 536 g/mol. The number of aromatic nitrogens is 7. The first-order valence-electron chi connectivity index (χ1n) is 13.8. The van der Waals surface area contributed by atoms with E-state index in [1.807, 2.05) is 35.0 Å². The van der Waals surface area contributed by atoms with E-state index in [0.717, 1.165) is 65.1 Å². The minimum Gasteiger partial charge on any atom is -0.478 e. The van der Waals surface area contributed by atoms with E-state index < -0.39 is 5.97 Å². The Morgan fingerprint density at radius 1 is 0.850 bits per heavy atom. The van der Waals surface area contributed by atoms with Crippen LogP contribution in [0.15, 0.2) is 72.8 Å². The van der Waals surface area contributed by atoms with Crippen molar-refractivity contribution in [2.75, 3.05) is 0 Å². The van der Waals surface area contributed by atoms with Crippen LogP contribution in [0.3, 0.4) is 0 Å². The van der Waals surface area contributed by atoms with Gasteiger partial charge in [-0.3, -0.25) is 0 Å². The Morgan fingerprint density at radius 2 is 1.60 bits per heavy atom. The summed E-state index contributed by atoms with van der Waals surface area (Å²) < 4.78 is 2.02. The molecular weight excluding hydrogens is 502 g/mol. The predicted octanol–water partition coefficient (Wildman–Crippen LogP) is 5.78. The Morgan fingerprint density at radius 3 is 2.30 bits per heavy atom. The lowest BCUT2D eigenvalue weighted by Crippen LogP contribution is -2.08. The zero-order valence-corrected chi connectivity index (χ0v) is 22.6. The Kier molecular flexibility index (Phi) is 8.70. The number of H-pyrrole nitrogens is 1. The van der Waals surface area contributed by atoms with E-state index in [4.69, 9.17) is 10.1 Å². The van der Waals surface area contributed by atoms with Crippen molar-refractivity contribution in [1.82, 2.24) is 35.4 Å². The molecule has 9 heteroatoms. The van der Waals surface area contributed by atoms with Gasteiger partial charge in [-0.05, 0) is 52.4 Å². The second kappa shape index (κ2) is 12.9. The molecule has 0 unspecified atom stereocenters. The van der Waals surface area contributed by atoms with Crippen LogP contribution in [0.4, 0.5) is 0 Å². The first-order valence-corrected chi connectivity index (χ1v) is 13.8. The number of nitrogens with one attached hydrogen (secondary N) is 1. The van der Waals surface area contributed by atoms with Gasteiger partial charge in [-0.2, -0.15) is 10.3 Å². The zero-order chi connectivity index (χ0) is 27.7. The van der Waals surface area contributed by atoms with Gasteiger partial charge < -0.3 is 5.11 Å². The van der Waals surface area contributed by atoms with Gasteiger partial charge in [0, 0.05) is 18.4 Å². The molecule has 0 amide bonds. The highest BCUT2D eigenvalue weighted by Gasteiger charge is 2.13. The number of hydrogen-bond donors (Lipinski definition) is 2. The van der Waals surface area contributed by atoms with E-state index in [-0.39, 0.29) is 0 Å². The fourth-order valence-electron chi connectivity index (χ4n) is 4.79. The molecule has 2 N–H and O–H groups in total. The first kappa shape index (κ1) is 26.9. The molecule has 0 bridgehead atoms. The van der Waals surface area contributed by atoms with Crippen LogP contribution >= 0.6 is 0 Å². The number of nitrogens with zero attached hydrogens (tertiary/aromatic N) is 6. The highest BCUT2D eigenvalue weighted by molar-refractivity contribution is 5.87. The number of carboxylic acids is 1. The maximum Gasteiger partial charge on any atom is 0.335 e.